The fourth-order valence-electron chi connectivity index (χ4n) is 0.994. The molecule has 1 rings (SSSR count). The number of halogens is 3. The lowest BCUT2D eigenvalue weighted by Crippen LogP contribution is -2.04. The lowest BCUT2D eigenvalue weighted by Gasteiger charge is -2.04. The van der Waals surface area contributed by atoms with Gasteiger partial charge in [0.25, 0.3) is 5.69 Å². The molecule has 0 bridgehead atoms. The third kappa shape index (κ3) is 2.38. The predicted molar refractivity (Wildman–Crippen MR) is 44.4 cm³/mol. The van der Waals surface area contributed by atoms with E-state index in [0.29, 0.717) is 12.1 Å². The second-order valence-corrected chi connectivity index (χ2v) is 2.55. The molecule has 0 aliphatic carbocycles. The standard InChI is InChI=1S/C8H3F3N2O3/c9-6-1-4(16-8(10)11)2-7(13(14)15)5(6)3-12/h1-2,8H. The van der Waals surface area contributed by atoms with Crippen LogP contribution in [-0.2, 0) is 0 Å². The van der Waals surface area contributed by atoms with Gasteiger partial charge < -0.3 is 4.74 Å². The maximum absolute atomic E-state index is 13.1. The van der Waals surface area contributed by atoms with Gasteiger partial charge in [-0.3, -0.25) is 10.1 Å². The van der Waals surface area contributed by atoms with Gasteiger partial charge in [-0.2, -0.15) is 14.0 Å². The molecule has 0 unspecified atom stereocenters. The number of alkyl halides is 2. The van der Waals surface area contributed by atoms with Gasteiger partial charge in [0.2, 0.25) is 0 Å². The maximum Gasteiger partial charge on any atom is 0.387 e. The van der Waals surface area contributed by atoms with Crippen molar-refractivity contribution < 1.29 is 22.8 Å². The Morgan fingerprint density at radius 1 is 1.50 bits per heavy atom. The molecule has 0 aliphatic heterocycles. The van der Waals surface area contributed by atoms with Crippen molar-refractivity contribution in [2.24, 2.45) is 0 Å². The number of nitro benzene ring substituents is 1. The third-order valence-electron chi connectivity index (χ3n) is 1.58. The molecule has 0 aromatic heterocycles. The van der Waals surface area contributed by atoms with E-state index in [1.54, 1.807) is 0 Å². The maximum atomic E-state index is 13.1. The van der Waals surface area contributed by atoms with Crippen LogP contribution in [0.1, 0.15) is 5.56 Å². The van der Waals surface area contributed by atoms with E-state index in [9.17, 15) is 23.3 Å². The zero-order valence-corrected chi connectivity index (χ0v) is 7.49. The Balaban J connectivity index is 3.29. The quantitative estimate of drug-likeness (QED) is 0.591. The van der Waals surface area contributed by atoms with E-state index in [4.69, 9.17) is 5.26 Å². The zero-order valence-electron chi connectivity index (χ0n) is 7.49. The molecule has 0 radical (unpaired) electrons. The summed E-state index contributed by atoms with van der Waals surface area (Å²) in [6, 6.07) is 2.31. The second-order valence-electron chi connectivity index (χ2n) is 2.55. The lowest BCUT2D eigenvalue weighted by molar-refractivity contribution is -0.385. The highest BCUT2D eigenvalue weighted by Crippen LogP contribution is 2.27. The van der Waals surface area contributed by atoms with Crippen molar-refractivity contribution in [3.63, 3.8) is 0 Å². The zero-order chi connectivity index (χ0) is 12.3. The van der Waals surface area contributed by atoms with E-state index in [-0.39, 0.29) is 0 Å². The van der Waals surface area contributed by atoms with E-state index in [1.807, 2.05) is 0 Å². The molecule has 0 saturated heterocycles. The number of nitrogens with zero attached hydrogens (tertiary/aromatic N) is 2. The molecule has 0 spiro atoms. The molecule has 1 aromatic rings. The minimum Gasteiger partial charge on any atom is -0.434 e. The Hall–Kier alpha value is -2.30. The molecule has 8 heteroatoms. The summed E-state index contributed by atoms with van der Waals surface area (Å²) in [6.45, 7) is -3.23. The summed E-state index contributed by atoms with van der Waals surface area (Å²) in [4.78, 5) is 9.36. The first-order chi connectivity index (χ1) is 7.45. The Kier molecular flexibility index (Phi) is 3.30. The molecule has 1 aromatic carbocycles. The molecule has 0 atom stereocenters. The van der Waals surface area contributed by atoms with E-state index >= 15 is 0 Å². The summed E-state index contributed by atoms with van der Waals surface area (Å²) in [5.41, 5.74) is -1.75. The highest BCUT2D eigenvalue weighted by atomic mass is 19.3. The highest BCUT2D eigenvalue weighted by Gasteiger charge is 2.21. The molecule has 0 aliphatic rings. The Labute approximate surface area is 86.8 Å². The van der Waals surface area contributed by atoms with Gasteiger partial charge in [0.05, 0.1) is 11.0 Å². The Morgan fingerprint density at radius 2 is 2.12 bits per heavy atom. The first-order valence-electron chi connectivity index (χ1n) is 3.78. The summed E-state index contributed by atoms with van der Waals surface area (Å²) < 4.78 is 40.4. The predicted octanol–water partition coefficient (Wildman–Crippen LogP) is 2.21. The average molecular weight is 232 g/mol. The smallest absolute Gasteiger partial charge is 0.387 e. The Morgan fingerprint density at radius 3 is 2.56 bits per heavy atom. The number of hydrogen-bond donors (Lipinski definition) is 0. The SMILES string of the molecule is N#Cc1c(F)cc(OC(F)F)cc1[N+](=O)[O-]. The van der Waals surface area contributed by atoms with Gasteiger partial charge >= 0.3 is 6.61 Å². The van der Waals surface area contributed by atoms with Crippen LogP contribution in [0.4, 0.5) is 18.9 Å². The van der Waals surface area contributed by atoms with Crippen LogP contribution in [-0.4, -0.2) is 11.5 Å². The minimum atomic E-state index is -3.23. The molecular weight excluding hydrogens is 229 g/mol. The number of rotatable bonds is 3. The number of hydrogen-bond acceptors (Lipinski definition) is 4. The summed E-state index contributed by atoms with van der Waals surface area (Å²) in [6.07, 6.45) is 0. The number of nitriles is 1. The summed E-state index contributed by atoms with van der Waals surface area (Å²) in [7, 11) is 0. The number of nitro groups is 1. The summed E-state index contributed by atoms with van der Waals surface area (Å²) >= 11 is 0. The van der Waals surface area contributed by atoms with Crippen LogP contribution in [0, 0.1) is 27.3 Å². The first-order valence-corrected chi connectivity index (χ1v) is 3.78. The fourth-order valence-corrected chi connectivity index (χ4v) is 0.994. The van der Waals surface area contributed by atoms with E-state index in [2.05, 4.69) is 4.74 Å². The average Bonchev–Trinajstić information content (AvgIpc) is 2.15. The molecule has 0 amide bonds. The van der Waals surface area contributed by atoms with Gasteiger partial charge in [-0.1, -0.05) is 0 Å². The largest absolute Gasteiger partial charge is 0.434 e. The molecule has 0 N–H and O–H groups in total. The van der Waals surface area contributed by atoms with Crippen molar-refractivity contribution in [2.75, 3.05) is 0 Å². The van der Waals surface area contributed by atoms with Crippen LogP contribution in [0.2, 0.25) is 0 Å². The van der Waals surface area contributed by atoms with E-state index in [1.165, 1.54) is 6.07 Å². The van der Waals surface area contributed by atoms with Crippen LogP contribution >= 0.6 is 0 Å². The van der Waals surface area contributed by atoms with E-state index < -0.39 is 34.4 Å². The number of ether oxygens (including phenoxy) is 1. The van der Waals surface area contributed by atoms with Crippen LogP contribution < -0.4 is 4.74 Å². The fraction of sp³-hybridized carbons (Fsp3) is 0.125. The molecular formula is C8H3F3N2O3. The van der Waals surface area contributed by atoms with Gasteiger partial charge in [0.1, 0.15) is 11.8 Å². The van der Waals surface area contributed by atoms with Crippen molar-refractivity contribution >= 4 is 5.69 Å². The van der Waals surface area contributed by atoms with Crippen molar-refractivity contribution in [2.45, 2.75) is 6.61 Å². The van der Waals surface area contributed by atoms with E-state index in [0.717, 1.165) is 0 Å². The van der Waals surface area contributed by atoms with Crippen LogP contribution in [0.25, 0.3) is 0 Å². The second kappa shape index (κ2) is 4.48. The molecule has 0 saturated carbocycles. The van der Waals surface area contributed by atoms with Gasteiger partial charge in [-0.25, -0.2) is 4.39 Å². The molecule has 5 nitrogen and oxygen atoms in total. The summed E-state index contributed by atoms with van der Waals surface area (Å²) in [5.74, 6) is -1.99. The third-order valence-corrected chi connectivity index (χ3v) is 1.58. The topological polar surface area (TPSA) is 76.2 Å². The minimum absolute atomic E-state index is 0.484. The summed E-state index contributed by atoms with van der Waals surface area (Å²) in [5, 5.41) is 18.9. The van der Waals surface area contributed by atoms with Crippen molar-refractivity contribution in [3.05, 3.63) is 33.6 Å². The first kappa shape index (κ1) is 11.8. The van der Waals surface area contributed by atoms with Crippen LogP contribution in [0.15, 0.2) is 12.1 Å². The van der Waals surface area contributed by atoms with Crippen molar-refractivity contribution in [3.8, 4) is 11.8 Å². The molecule has 0 fully saturated rings. The van der Waals surface area contributed by atoms with Gasteiger partial charge in [-0.05, 0) is 0 Å². The van der Waals surface area contributed by atoms with Crippen molar-refractivity contribution in [1.82, 2.24) is 0 Å². The van der Waals surface area contributed by atoms with Crippen LogP contribution in [0.5, 0.6) is 5.75 Å². The molecule has 16 heavy (non-hydrogen) atoms. The molecule has 0 heterocycles. The molecule has 84 valence electrons. The van der Waals surface area contributed by atoms with Gasteiger partial charge in [0, 0.05) is 6.07 Å². The highest BCUT2D eigenvalue weighted by molar-refractivity contribution is 5.53. The monoisotopic (exact) mass is 232 g/mol. The lowest BCUT2D eigenvalue weighted by atomic mass is 10.2. The van der Waals surface area contributed by atoms with Crippen molar-refractivity contribution in [1.29, 1.82) is 5.26 Å². The van der Waals surface area contributed by atoms with Crippen LogP contribution in [0.3, 0.4) is 0 Å². The normalized spacial score (nSPS) is 9.94. The van der Waals surface area contributed by atoms with Gasteiger partial charge in [-0.15, -0.1) is 0 Å². The van der Waals surface area contributed by atoms with Gasteiger partial charge in [0.15, 0.2) is 11.4 Å². The Bertz CT molecular complexity index is 470. The number of benzene rings is 1.